The Morgan fingerprint density at radius 2 is 2.44 bits per heavy atom. The van der Waals surface area contributed by atoms with Gasteiger partial charge in [-0.1, -0.05) is 0 Å². The van der Waals surface area contributed by atoms with Crippen molar-refractivity contribution in [3.8, 4) is 0 Å². The van der Waals surface area contributed by atoms with Crippen molar-refractivity contribution in [1.29, 1.82) is 0 Å². The smallest absolute Gasteiger partial charge is 0.0603 e. The summed E-state index contributed by atoms with van der Waals surface area (Å²) in [5.74, 6) is 0.510. The minimum Gasteiger partial charge on any atom is -0.159 e. The van der Waals surface area contributed by atoms with Gasteiger partial charge in [-0.05, 0) is 18.6 Å². The summed E-state index contributed by atoms with van der Waals surface area (Å²) in [6.45, 7) is 1.89. The quantitative estimate of drug-likeness (QED) is 0.556. The molecule has 0 saturated carbocycles. The first kappa shape index (κ1) is 6.49. The van der Waals surface area contributed by atoms with Crippen molar-refractivity contribution in [2.75, 3.05) is 0 Å². The number of hydrogen-bond acceptors (Lipinski definition) is 2. The molecule has 0 bridgehead atoms. The van der Waals surface area contributed by atoms with E-state index < -0.39 is 0 Å². The van der Waals surface area contributed by atoms with Gasteiger partial charge in [-0.3, -0.25) is 0 Å². The molecule has 1 rings (SSSR count). The van der Waals surface area contributed by atoms with Crippen molar-refractivity contribution >= 4 is 11.6 Å². The van der Waals surface area contributed by atoms with Crippen LogP contribution in [-0.2, 0) is 5.88 Å². The Morgan fingerprint density at radius 3 is 2.89 bits per heavy atom. The lowest BCUT2D eigenvalue weighted by Crippen LogP contribution is -1.87. The van der Waals surface area contributed by atoms with Crippen molar-refractivity contribution in [3.63, 3.8) is 0 Å². The molecule has 1 heterocycles. The van der Waals surface area contributed by atoms with Crippen LogP contribution in [0.2, 0.25) is 0 Å². The van der Waals surface area contributed by atoms with Crippen LogP contribution in [0, 0.1) is 6.92 Å². The predicted molar refractivity (Wildman–Crippen MR) is 36.3 cm³/mol. The molecule has 0 spiro atoms. The van der Waals surface area contributed by atoms with Crippen LogP contribution in [0.4, 0.5) is 0 Å². The topological polar surface area (TPSA) is 25.8 Å². The molecule has 0 aliphatic heterocycles. The molecule has 2 nitrogen and oxygen atoms in total. The minimum absolute atomic E-state index is 0.510. The highest BCUT2D eigenvalue weighted by molar-refractivity contribution is 6.17. The van der Waals surface area contributed by atoms with Crippen molar-refractivity contribution in [3.05, 3.63) is 23.5 Å². The summed E-state index contributed by atoms with van der Waals surface area (Å²) in [5, 5.41) is 7.50. The van der Waals surface area contributed by atoms with Gasteiger partial charge in [0.2, 0.25) is 0 Å². The normalized spacial score (nSPS) is 9.56. The zero-order chi connectivity index (χ0) is 6.69. The van der Waals surface area contributed by atoms with Gasteiger partial charge in [0.15, 0.2) is 0 Å². The summed E-state index contributed by atoms with van der Waals surface area (Å²) >= 11 is 5.53. The third-order valence-corrected chi connectivity index (χ3v) is 1.30. The molecule has 48 valence electrons. The number of aryl methyl sites for hydroxylation is 1. The van der Waals surface area contributed by atoms with Crippen molar-refractivity contribution in [1.82, 2.24) is 10.2 Å². The Labute approximate surface area is 58.9 Å². The highest BCUT2D eigenvalue weighted by atomic mass is 35.5. The van der Waals surface area contributed by atoms with Gasteiger partial charge in [0.25, 0.3) is 0 Å². The summed E-state index contributed by atoms with van der Waals surface area (Å²) in [6, 6.07) is 1.92. The number of hydrogen-bond donors (Lipinski definition) is 0. The molecule has 0 amide bonds. The van der Waals surface area contributed by atoms with Crippen LogP contribution in [0.25, 0.3) is 0 Å². The highest BCUT2D eigenvalue weighted by Crippen LogP contribution is 2.00. The Hall–Kier alpha value is -0.630. The van der Waals surface area contributed by atoms with Gasteiger partial charge in [0.1, 0.15) is 0 Å². The van der Waals surface area contributed by atoms with E-state index in [4.69, 9.17) is 11.6 Å². The lowest BCUT2D eigenvalue weighted by molar-refractivity contribution is 0.963. The lowest BCUT2D eigenvalue weighted by atomic mass is 10.3. The van der Waals surface area contributed by atoms with E-state index in [9.17, 15) is 0 Å². The molecule has 0 radical (unpaired) electrons. The molecule has 0 fully saturated rings. The van der Waals surface area contributed by atoms with Crippen molar-refractivity contribution in [2.45, 2.75) is 12.8 Å². The third kappa shape index (κ3) is 1.64. The third-order valence-electron chi connectivity index (χ3n) is 0.988. The zero-order valence-corrected chi connectivity index (χ0v) is 5.89. The van der Waals surface area contributed by atoms with Gasteiger partial charge in [0.05, 0.1) is 11.9 Å². The second-order valence-electron chi connectivity index (χ2n) is 1.84. The number of rotatable bonds is 1. The maximum atomic E-state index is 5.53. The van der Waals surface area contributed by atoms with Gasteiger partial charge in [-0.25, -0.2) is 0 Å². The van der Waals surface area contributed by atoms with Gasteiger partial charge in [-0.2, -0.15) is 10.2 Å². The summed E-state index contributed by atoms with van der Waals surface area (Å²) in [6.07, 6.45) is 1.67. The molecule has 1 aromatic heterocycles. The molecule has 0 N–H and O–H groups in total. The first-order valence-corrected chi connectivity index (χ1v) is 3.20. The molecular formula is C6H7ClN2. The Bertz CT molecular complexity index is 200. The summed E-state index contributed by atoms with van der Waals surface area (Å²) < 4.78 is 0. The molecule has 0 atom stereocenters. The van der Waals surface area contributed by atoms with E-state index in [2.05, 4.69) is 10.2 Å². The van der Waals surface area contributed by atoms with Crippen LogP contribution >= 0.6 is 11.6 Å². The zero-order valence-electron chi connectivity index (χ0n) is 5.13. The van der Waals surface area contributed by atoms with E-state index in [-0.39, 0.29) is 0 Å². The fourth-order valence-electron chi connectivity index (χ4n) is 0.602. The van der Waals surface area contributed by atoms with E-state index >= 15 is 0 Å². The minimum atomic E-state index is 0.510. The summed E-state index contributed by atoms with van der Waals surface area (Å²) in [4.78, 5) is 0. The van der Waals surface area contributed by atoms with Crippen LogP contribution in [0.1, 0.15) is 11.3 Å². The van der Waals surface area contributed by atoms with Crippen LogP contribution in [0.5, 0.6) is 0 Å². The molecule has 0 aromatic carbocycles. The highest BCUT2D eigenvalue weighted by Gasteiger charge is 1.89. The monoisotopic (exact) mass is 142 g/mol. The van der Waals surface area contributed by atoms with Crippen LogP contribution in [-0.4, -0.2) is 10.2 Å². The number of aromatic nitrogens is 2. The van der Waals surface area contributed by atoms with E-state index in [0.29, 0.717) is 5.88 Å². The molecule has 3 heteroatoms. The maximum absolute atomic E-state index is 5.53. The SMILES string of the molecule is Cc1cc(CCl)cnn1. The average Bonchev–Trinajstić information content (AvgIpc) is 1.88. The van der Waals surface area contributed by atoms with Crippen LogP contribution in [0.15, 0.2) is 12.3 Å². The van der Waals surface area contributed by atoms with Crippen LogP contribution in [0.3, 0.4) is 0 Å². The number of alkyl halides is 1. The molecule has 0 unspecified atom stereocenters. The first-order chi connectivity index (χ1) is 4.33. The molecule has 0 saturated heterocycles. The van der Waals surface area contributed by atoms with E-state index in [1.165, 1.54) is 0 Å². The summed E-state index contributed by atoms with van der Waals surface area (Å²) in [5.41, 5.74) is 1.93. The second kappa shape index (κ2) is 2.78. The lowest BCUT2D eigenvalue weighted by Gasteiger charge is -1.92. The molecular weight excluding hydrogens is 136 g/mol. The van der Waals surface area contributed by atoms with E-state index in [0.717, 1.165) is 11.3 Å². The number of halogens is 1. The summed E-state index contributed by atoms with van der Waals surface area (Å²) in [7, 11) is 0. The largest absolute Gasteiger partial charge is 0.159 e. The second-order valence-corrected chi connectivity index (χ2v) is 2.11. The van der Waals surface area contributed by atoms with Crippen molar-refractivity contribution in [2.24, 2.45) is 0 Å². The van der Waals surface area contributed by atoms with Crippen LogP contribution < -0.4 is 0 Å². The van der Waals surface area contributed by atoms with E-state index in [1.54, 1.807) is 6.20 Å². The van der Waals surface area contributed by atoms with Crippen molar-refractivity contribution < 1.29 is 0 Å². The molecule has 9 heavy (non-hydrogen) atoms. The molecule has 0 aliphatic rings. The first-order valence-electron chi connectivity index (χ1n) is 2.67. The van der Waals surface area contributed by atoms with Gasteiger partial charge >= 0.3 is 0 Å². The van der Waals surface area contributed by atoms with Gasteiger partial charge in [-0.15, -0.1) is 11.6 Å². The standard InChI is InChI=1S/C6H7ClN2/c1-5-2-6(3-7)4-8-9-5/h2,4H,3H2,1H3. The van der Waals surface area contributed by atoms with Gasteiger partial charge in [0, 0.05) is 5.88 Å². The fraction of sp³-hybridized carbons (Fsp3) is 0.333. The Balaban J connectivity index is 2.94. The van der Waals surface area contributed by atoms with E-state index in [1.807, 2.05) is 13.0 Å². The Kier molecular flexibility index (Phi) is 2.01. The average molecular weight is 143 g/mol. The fourth-order valence-corrected chi connectivity index (χ4v) is 0.748. The number of nitrogens with zero attached hydrogens (tertiary/aromatic N) is 2. The van der Waals surface area contributed by atoms with Gasteiger partial charge < -0.3 is 0 Å². The predicted octanol–water partition coefficient (Wildman–Crippen LogP) is 1.52. The molecule has 0 aliphatic carbocycles. The Morgan fingerprint density at radius 1 is 1.67 bits per heavy atom. The maximum Gasteiger partial charge on any atom is 0.0603 e. The molecule has 1 aromatic rings.